The van der Waals surface area contributed by atoms with Crippen molar-refractivity contribution in [2.75, 3.05) is 13.1 Å². The van der Waals surface area contributed by atoms with Crippen LogP contribution >= 0.6 is 23.2 Å². The lowest BCUT2D eigenvalue weighted by atomic mass is 9.74. The van der Waals surface area contributed by atoms with Crippen molar-refractivity contribution in [2.45, 2.75) is 50.9 Å². The predicted molar refractivity (Wildman–Crippen MR) is 84.4 cm³/mol. The quantitative estimate of drug-likeness (QED) is 0.754. The van der Waals surface area contributed by atoms with E-state index in [4.69, 9.17) is 23.2 Å². The lowest BCUT2D eigenvalue weighted by molar-refractivity contribution is 0.351. The van der Waals surface area contributed by atoms with Crippen LogP contribution < -0.4 is 5.32 Å². The molecule has 1 aromatic rings. The monoisotopic (exact) mass is 299 g/mol. The molecule has 1 N–H and O–H groups in total. The van der Waals surface area contributed by atoms with Gasteiger partial charge < -0.3 is 5.32 Å². The van der Waals surface area contributed by atoms with Crippen LogP contribution in [-0.2, 0) is 5.41 Å². The Hall–Kier alpha value is -0.240. The van der Waals surface area contributed by atoms with E-state index in [2.05, 4.69) is 18.3 Å². The summed E-state index contributed by atoms with van der Waals surface area (Å²) < 4.78 is 0. The fourth-order valence-electron chi connectivity index (χ4n) is 3.23. The summed E-state index contributed by atoms with van der Waals surface area (Å²) in [5.74, 6) is 0. The van der Waals surface area contributed by atoms with E-state index in [0.717, 1.165) is 23.1 Å². The SMILES string of the molecule is CCNCC1(c2ccc(Cl)cc2Cl)CCCCCC1. The highest BCUT2D eigenvalue weighted by atomic mass is 35.5. The molecule has 1 fully saturated rings. The fraction of sp³-hybridized carbons (Fsp3) is 0.625. The standard InChI is InChI=1S/C16H23Cl2N/c1-2-19-12-16(9-5-3-4-6-10-16)14-8-7-13(17)11-15(14)18/h7-8,11,19H,2-6,9-10,12H2,1H3. The van der Waals surface area contributed by atoms with E-state index in [1.165, 1.54) is 44.1 Å². The highest BCUT2D eigenvalue weighted by molar-refractivity contribution is 6.35. The van der Waals surface area contributed by atoms with Crippen molar-refractivity contribution in [1.82, 2.24) is 5.32 Å². The topological polar surface area (TPSA) is 12.0 Å². The normalized spacial score (nSPS) is 19.1. The summed E-state index contributed by atoms with van der Waals surface area (Å²) in [6.07, 6.45) is 7.73. The summed E-state index contributed by atoms with van der Waals surface area (Å²) in [5, 5.41) is 5.08. The minimum absolute atomic E-state index is 0.189. The molecule has 0 aliphatic heterocycles. The van der Waals surface area contributed by atoms with Crippen molar-refractivity contribution in [3.8, 4) is 0 Å². The van der Waals surface area contributed by atoms with Crippen molar-refractivity contribution in [3.05, 3.63) is 33.8 Å². The van der Waals surface area contributed by atoms with E-state index < -0.39 is 0 Å². The van der Waals surface area contributed by atoms with Gasteiger partial charge in [-0.2, -0.15) is 0 Å². The van der Waals surface area contributed by atoms with Crippen LogP contribution in [0.5, 0.6) is 0 Å². The molecular formula is C16H23Cl2N. The molecule has 0 aromatic heterocycles. The van der Waals surface area contributed by atoms with Crippen molar-refractivity contribution in [3.63, 3.8) is 0 Å². The van der Waals surface area contributed by atoms with Gasteiger partial charge in [0.25, 0.3) is 0 Å². The predicted octanol–water partition coefficient (Wildman–Crippen LogP) is 5.19. The Morgan fingerprint density at radius 2 is 1.79 bits per heavy atom. The first-order valence-corrected chi connectivity index (χ1v) is 8.10. The molecule has 0 bridgehead atoms. The second-order valence-electron chi connectivity index (χ2n) is 5.60. The third kappa shape index (κ3) is 3.65. The van der Waals surface area contributed by atoms with Crippen molar-refractivity contribution >= 4 is 23.2 Å². The average Bonchev–Trinajstić information content (AvgIpc) is 2.63. The smallest absolute Gasteiger partial charge is 0.0458 e. The van der Waals surface area contributed by atoms with Gasteiger partial charge in [0.2, 0.25) is 0 Å². The van der Waals surface area contributed by atoms with Crippen LogP contribution in [0.3, 0.4) is 0 Å². The highest BCUT2D eigenvalue weighted by Crippen LogP contribution is 2.41. The van der Waals surface area contributed by atoms with Gasteiger partial charge in [0.05, 0.1) is 0 Å². The summed E-state index contributed by atoms with van der Waals surface area (Å²) >= 11 is 12.5. The number of rotatable bonds is 4. The highest BCUT2D eigenvalue weighted by Gasteiger charge is 2.34. The van der Waals surface area contributed by atoms with E-state index in [-0.39, 0.29) is 5.41 Å². The number of halogens is 2. The summed E-state index contributed by atoms with van der Waals surface area (Å²) in [7, 11) is 0. The molecule has 0 atom stereocenters. The maximum Gasteiger partial charge on any atom is 0.0458 e. The molecule has 1 nitrogen and oxygen atoms in total. The first-order chi connectivity index (χ1) is 9.18. The van der Waals surface area contributed by atoms with Gasteiger partial charge in [-0.05, 0) is 37.1 Å². The zero-order chi connectivity index (χ0) is 13.7. The van der Waals surface area contributed by atoms with Crippen LogP contribution in [0.15, 0.2) is 18.2 Å². The van der Waals surface area contributed by atoms with Gasteiger partial charge in [-0.1, -0.05) is 61.9 Å². The van der Waals surface area contributed by atoms with Crippen LogP contribution in [0.4, 0.5) is 0 Å². The van der Waals surface area contributed by atoms with E-state index in [1.807, 2.05) is 12.1 Å². The van der Waals surface area contributed by atoms with Crippen LogP contribution in [0.1, 0.15) is 51.0 Å². The summed E-state index contributed by atoms with van der Waals surface area (Å²) in [5.41, 5.74) is 1.47. The van der Waals surface area contributed by atoms with Gasteiger partial charge in [-0.15, -0.1) is 0 Å². The van der Waals surface area contributed by atoms with E-state index in [0.29, 0.717) is 0 Å². The van der Waals surface area contributed by atoms with Crippen molar-refractivity contribution < 1.29 is 0 Å². The van der Waals surface area contributed by atoms with E-state index >= 15 is 0 Å². The number of hydrogen-bond acceptors (Lipinski definition) is 1. The first kappa shape index (κ1) is 15.2. The lowest BCUT2D eigenvalue weighted by Crippen LogP contribution is -2.38. The Morgan fingerprint density at radius 1 is 1.11 bits per heavy atom. The van der Waals surface area contributed by atoms with Gasteiger partial charge in [0.15, 0.2) is 0 Å². The molecular weight excluding hydrogens is 277 g/mol. The van der Waals surface area contributed by atoms with Crippen LogP contribution in [-0.4, -0.2) is 13.1 Å². The largest absolute Gasteiger partial charge is 0.316 e. The summed E-state index contributed by atoms with van der Waals surface area (Å²) in [6, 6.07) is 5.99. The average molecular weight is 300 g/mol. The lowest BCUT2D eigenvalue weighted by Gasteiger charge is -2.34. The molecule has 0 unspecified atom stereocenters. The third-order valence-corrected chi connectivity index (χ3v) is 4.82. The molecule has 2 rings (SSSR count). The van der Waals surface area contributed by atoms with E-state index in [9.17, 15) is 0 Å². The molecule has 0 spiro atoms. The van der Waals surface area contributed by atoms with Crippen LogP contribution in [0.25, 0.3) is 0 Å². The number of benzene rings is 1. The minimum Gasteiger partial charge on any atom is -0.316 e. The number of likely N-dealkylation sites (N-methyl/N-ethyl adjacent to an activating group) is 1. The molecule has 0 heterocycles. The van der Waals surface area contributed by atoms with Crippen molar-refractivity contribution in [1.29, 1.82) is 0 Å². The Balaban J connectivity index is 2.34. The fourth-order valence-corrected chi connectivity index (χ4v) is 3.84. The molecule has 3 heteroatoms. The number of nitrogens with one attached hydrogen (secondary N) is 1. The van der Waals surface area contributed by atoms with E-state index in [1.54, 1.807) is 0 Å². The Labute approximate surface area is 126 Å². The molecule has 19 heavy (non-hydrogen) atoms. The zero-order valence-corrected chi connectivity index (χ0v) is 13.2. The van der Waals surface area contributed by atoms with Gasteiger partial charge in [-0.25, -0.2) is 0 Å². The Bertz CT molecular complexity index is 409. The minimum atomic E-state index is 0.189. The van der Waals surface area contributed by atoms with Gasteiger partial charge in [0, 0.05) is 22.0 Å². The molecule has 0 saturated heterocycles. The molecule has 106 valence electrons. The molecule has 0 amide bonds. The maximum absolute atomic E-state index is 6.47. The summed E-state index contributed by atoms with van der Waals surface area (Å²) in [4.78, 5) is 0. The second-order valence-corrected chi connectivity index (χ2v) is 6.44. The van der Waals surface area contributed by atoms with Gasteiger partial charge in [-0.3, -0.25) is 0 Å². The van der Waals surface area contributed by atoms with Crippen molar-refractivity contribution in [2.24, 2.45) is 0 Å². The number of hydrogen-bond donors (Lipinski definition) is 1. The molecule has 0 radical (unpaired) electrons. The molecule has 1 aliphatic carbocycles. The zero-order valence-electron chi connectivity index (χ0n) is 11.6. The van der Waals surface area contributed by atoms with Gasteiger partial charge >= 0.3 is 0 Å². The molecule has 1 aromatic carbocycles. The van der Waals surface area contributed by atoms with Gasteiger partial charge in [0.1, 0.15) is 0 Å². The Morgan fingerprint density at radius 3 is 2.37 bits per heavy atom. The Kier molecular flexibility index (Phi) is 5.56. The first-order valence-electron chi connectivity index (χ1n) is 7.34. The maximum atomic E-state index is 6.47. The third-order valence-electron chi connectivity index (χ3n) is 4.28. The summed E-state index contributed by atoms with van der Waals surface area (Å²) in [6.45, 7) is 4.19. The molecule has 1 saturated carbocycles. The van der Waals surface area contributed by atoms with Crippen LogP contribution in [0, 0.1) is 0 Å². The van der Waals surface area contributed by atoms with Crippen LogP contribution in [0.2, 0.25) is 10.0 Å². The molecule has 1 aliphatic rings. The second kappa shape index (κ2) is 6.97.